The molecular formula is C14H23N3O2S. The number of rotatable bonds is 6. The van der Waals surface area contributed by atoms with Gasteiger partial charge in [-0.25, -0.2) is 4.98 Å². The van der Waals surface area contributed by atoms with Crippen molar-refractivity contribution < 1.29 is 9.53 Å². The van der Waals surface area contributed by atoms with Crippen LogP contribution < -0.4 is 5.32 Å². The Balaban J connectivity index is 1.88. The number of thiazole rings is 1. The molecule has 6 heteroatoms. The smallest absolute Gasteiger partial charge is 0.270 e. The van der Waals surface area contributed by atoms with Crippen molar-refractivity contribution >= 4 is 17.2 Å². The van der Waals surface area contributed by atoms with Crippen molar-refractivity contribution in [1.82, 2.24) is 15.2 Å². The molecule has 1 aliphatic heterocycles. The van der Waals surface area contributed by atoms with Crippen molar-refractivity contribution in [3.63, 3.8) is 0 Å². The number of nitrogens with zero attached hydrogens (tertiary/aromatic N) is 2. The number of hydrogen-bond acceptors (Lipinski definition) is 5. The van der Waals surface area contributed by atoms with Gasteiger partial charge in [0.1, 0.15) is 5.69 Å². The highest BCUT2D eigenvalue weighted by molar-refractivity contribution is 7.07. The molecule has 1 amide bonds. The number of nitrogens with one attached hydrogen (secondary N) is 1. The van der Waals surface area contributed by atoms with E-state index in [0.29, 0.717) is 24.2 Å². The van der Waals surface area contributed by atoms with Crippen molar-refractivity contribution in [2.75, 3.05) is 32.8 Å². The largest absolute Gasteiger partial charge is 0.379 e. The molecule has 1 saturated heterocycles. The summed E-state index contributed by atoms with van der Waals surface area (Å²) in [7, 11) is 0. The van der Waals surface area contributed by atoms with Gasteiger partial charge in [0, 0.05) is 31.1 Å². The van der Waals surface area contributed by atoms with Crippen LogP contribution in [0.2, 0.25) is 0 Å². The van der Waals surface area contributed by atoms with Crippen LogP contribution in [0.5, 0.6) is 0 Å². The molecule has 1 aromatic heterocycles. The van der Waals surface area contributed by atoms with Gasteiger partial charge >= 0.3 is 0 Å². The molecule has 0 bridgehead atoms. The van der Waals surface area contributed by atoms with E-state index in [2.05, 4.69) is 29.0 Å². The number of ether oxygens (including phenoxy) is 1. The molecule has 1 N–H and O–H groups in total. The third-order valence-corrected chi connectivity index (χ3v) is 4.06. The molecule has 1 aromatic rings. The molecule has 0 saturated carbocycles. The molecule has 2 heterocycles. The Morgan fingerprint density at radius 3 is 2.85 bits per heavy atom. The molecule has 5 nitrogen and oxygen atoms in total. The Hall–Kier alpha value is -0.980. The van der Waals surface area contributed by atoms with Crippen molar-refractivity contribution in [3.05, 3.63) is 16.6 Å². The Kier molecular flexibility index (Phi) is 5.94. The summed E-state index contributed by atoms with van der Waals surface area (Å²) >= 11 is 1.44. The first-order valence-electron chi connectivity index (χ1n) is 7.15. The molecule has 1 aliphatic rings. The fourth-order valence-corrected chi connectivity index (χ4v) is 3.01. The molecular weight excluding hydrogens is 274 g/mol. The van der Waals surface area contributed by atoms with Crippen LogP contribution in [0.1, 0.15) is 30.8 Å². The molecule has 1 unspecified atom stereocenters. The van der Waals surface area contributed by atoms with Crippen molar-refractivity contribution in [2.45, 2.75) is 26.3 Å². The Labute approximate surface area is 124 Å². The van der Waals surface area contributed by atoms with Crippen molar-refractivity contribution in [3.8, 4) is 0 Å². The molecule has 112 valence electrons. The number of hydrogen-bond donors (Lipinski definition) is 1. The fraction of sp³-hybridized carbons (Fsp3) is 0.714. The van der Waals surface area contributed by atoms with Gasteiger partial charge in [-0.3, -0.25) is 9.69 Å². The minimum Gasteiger partial charge on any atom is -0.379 e. The second-order valence-corrected chi connectivity index (χ2v) is 6.23. The van der Waals surface area contributed by atoms with Crippen LogP contribution in [-0.2, 0) is 4.74 Å². The van der Waals surface area contributed by atoms with Gasteiger partial charge in [-0.15, -0.1) is 11.3 Å². The summed E-state index contributed by atoms with van der Waals surface area (Å²) in [5, 5.41) is 4.79. The van der Waals surface area contributed by atoms with Crippen molar-refractivity contribution in [2.24, 2.45) is 5.92 Å². The SMILES string of the molecule is CC(C)CC(CNC(=O)c1cscn1)N1CCOCC1. The minimum absolute atomic E-state index is 0.0757. The second kappa shape index (κ2) is 7.71. The molecule has 0 aliphatic carbocycles. The standard InChI is InChI=1S/C14H23N3O2S/c1-11(2)7-12(17-3-5-19-6-4-17)8-15-14(18)13-9-20-10-16-13/h9-12H,3-8H2,1-2H3,(H,15,18). The molecule has 0 aromatic carbocycles. The van der Waals surface area contributed by atoms with Gasteiger partial charge in [-0.1, -0.05) is 13.8 Å². The van der Waals surface area contributed by atoms with Gasteiger partial charge in [0.15, 0.2) is 0 Å². The summed E-state index contributed by atoms with van der Waals surface area (Å²) in [6.45, 7) is 8.58. The third kappa shape index (κ3) is 4.54. The molecule has 2 rings (SSSR count). The normalized spacial score (nSPS) is 18.1. The summed E-state index contributed by atoms with van der Waals surface area (Å²) in [5.41, 5.74) is 2.20. The highest BCUT2D eigenvalue weighted by atomic mass is 32.1. The quantitative estimate of drug-likeness (QED) is 0.867. The Morgan fingerprint density at radius 2 is 2.25 bits per heavy atom. The zero-order valence-corrected chi connectivity index (χ0v) is 13.0. The van der Waals surface area contributed by atoms with Gasteiger partial charge < -0.3 is 10.1 Å². The lowest BCUT2D eigenvalue weighted by molar-refractivity contribution is 0.0124. The van der Waals surface area contributed by atoms with E-state index in [4.69, 9.17) is 4.74 Å². The van der Waals surface area contributed by atoms with E-state index in [1.807, 2.05) is 0 Å². The predicted molar refractivity (Wildman–Crippen MR) is 80.1 cm³/mol. The van der Waals surface area contributed by atoms with Gasteiger partial charge in [0.05, 0.1) is 18.7 Å². The van der Waals surface area contributed by atoms with Crippen LogP contribution in [0.15, 0.2) is 10.9 Å². The summed E-state index contributed by atoms with van der Waals surface area (Å²) in [4.78, 5) is 18.4. The second-order valence-electron chi connectivity index (χ2n) is 5.52. The lowest BCUT2D eigenvalue weighted by Crippen LogP contribution is -2.49. The summed E-state index contributed by atoms with van der Waals surface area (Å²) in [5.74, 6) is 0.535. The lowest BCUT2D eigenvalue weighted by Gasteiger charge is -2.35. The van der Waals surface area contributed by atoms with E-state index >= 15 is 0 Å². The van der Waals surface area contributed by atoms with E-state index in [1.165, 1.54) is 11.3 Å². The van der Waals surface area contributed by atoms with Crippen LogP contribution in [0.4, 0.5) is 0 Å². The van der Waals surface area contributed by atoms with E-state index in [9.17, 15) is 4.79 Å². The number of morpholine rings is 1. The fourth-order valence-electron chi connectivity index (χ4n) is 2.47. The van der Waals surface area contributed by atoms with Gasteiger partial charge in [0.2, 0.25) is 0 Å². The molecule has 0 radical (unpaired) electrons. The van der Waals surface area contributed by atoms with Gasteiger partial charge in [-0.2, -0.15) is 0 Å². The third-order valence-electron chi connectivity index (χ3n) is 3.47. The Bertz CT molecular complexity index is 403. The molecule has 20 heavy (non-hydrogen) atoms. The maximum Gasteiger partial charge on any atom is 0.270 e. The highest BCUT2D eigenvalue weighted by Gasteiger charge is 2.22. The van der Waals surface area contributed by atoms with Crippen LogP contribution in [0.25, 0.3) is 0 Å². The summed E-state index contributed by atoms with van der Waals surface area (Å²) < 4.78 is 5.40. The van der Waals surface area contributed by atoms with E-state index < -0.39 is 0 Å². The number of carbonyl (C=O) groups is 1. The van der Waals surface area contributed by atoms with Crippen LogP contribution in [0, 0.1) is 5.92 Å². The summed E-state index contributed by atoms with van der Waals surface area (Å²) in [6.07, 6.45) is 1.08. The van der Waals surface area contributed by atoms with Crippen LogP contribution in [0.3, 0.4) is 0 Å². The number of amides is 1. The van der Waals surface area contributed by atoms with E-state index in [1.54, 1.807) is 10.9 Å². The predicted octanol–water partition coefficient (Wildman–Crippen LogP) is 1.62. The zero-order chi connectivity index (χ0) is 14.4. The van der Waals surface area contributed by atoms with Crippen LogP contribution >= 0.6 is 11.3 Å². The van der Waals surface area contributed by atoms with E-state index in [0.717, 1.165) is 32.7 Å². The lowest BCUT2D eigenvalue weighted by atomic mass is 10.0. The monoisotopic (exact) mass is 297 g/mol. The highest BCUT2D eigenvalue weighted by Crippen LogP contribution is 2.13. The van der Waals surface area contributed by atoms with E-state index in [-0.39, 0.29) is 5.91 Å². The minimum atomic E-state index is -0.0757. The number of carbonyl (C=O) groups excluding carboxylic acids is 1. The van der Waals surface area contributed by atoms with Crippen LogP contribution in [-0.4, -0.2) is 54.7 Å². The first-order valence-corrected chi connectivity index (χ1v) is 8.09. The van der Waals surface area contributed by atoms with Crippen molar-refractivity contribution in [1.29, 1.82) is 0 Å². The number of aromatic nitrogens is 1. The molecule has 1 fully saturated rings. The first kappa shape index (κ1) is 15.4. The van der Waals surface area contributed by atoms with Gasteiger partial charge in [0.25, 0.3) is 5.91 Å². The average Bonchev–Trinajstić information content (AvgIpc) is 2.98. The maximum atomic E-state index is 12.0. The maximum absolute atomic E-state index is 12.0. The first-order chi connectivity index (χ1) is 9.66. The zero-order valence-electron chi connectivity index (χ0n) is 12.2. The molecule has 0 spiro atoms. The summed E-state index contributed by atoms with van der Waals surface area (Å²) in [6, 6.07) is 0.376. The van der Waals surface area contributed by atoms with Gasteiger partial charge in [-0.05, 0) is 12.3 Å². The average molecular weight is 297 g/mol. The Morgan fingerprint density at radius 1 is 1.50 bits per heavy atom. The molecule has 1 atom stereocenters. The topological polar surface area (TPSA) is 54.5 Å².